The Bertz CT molecular complexity index is 901. The van der Waals surface area contributed by atoms with E-state index in [0.717, 1.165) is 54.7 Å². The molecule has 0 atom stereocenters. The number of carbonyl (C=O) groups excluding carboxylic acids is 1. The molecule has 2 aromatic rings. The highest BCUT2D eigenvalue weighted by Crippen LogP contribution is 2.29. The SMILES string of the molecule is O=C1CN(Cc2ccc(C(F)(F)F)cc2)Cc2cc(CCCO)ccc2OCCCCCN1. The van der Waals surface area contributed by atoms with E-state index in [1.807, 2.05) is 23.1 Å². The van der Waals surface area contributed by atoms with Gasteiger partial charge in [0.05, 0.1) is 18.7 Å². The number of carbonyl (C=O) groups is 1. The molecular formula is C25H31F3N2O3. The van der Waals surface area contributed by atoms with Crippen LogP contribution in [0.1, 0.15) is 47.9 Å². The minimum atomic E-state index is -4.38. The van der Waals surface area contributed by atoms with Crippen molar-refractivity contribution in [2.24, 2.45) is 0 Å². The minimum absolute atomic E-state index is 0.105. The Kier molecular flexibility index (Phi) is 9.14. The van der Waals surface area contributed by atoms with Gasteiger partial charge in [0.25, 0.3) is 0 Å². The first kappa shape index (κ1) is 25.1. The van der Waals surface area contributed by atoms with E-state index < -0.39 is 11.7 Å². The van der Waals surface area contributed by atoms with E-state index in [9.17, 15) is 18.0 Å². The predicted molar refractivity (Wildman–Crippen MR) is 120 cm³/mol. The Morgan fingerprint density at radius 3 is 2.48 bits per heavy atom. The molecule has 0 aliphatic carbocycles. The molecule has 8 heteroatoms. The largest absolute Gasteiger partial charge is 0.493 e. The number of hydrogen-bond donors (Lipinski definition) is 2. The van der Waals surface area contributed by atoms with Crippen molar-refractivity contribution in [2.75, 3.05) is 26.3 Å². The molecule has 180 valence electrons. The summed E-state index contributed by atoms with van der Waals surface area (Å²) in [6.45, 7) is 2.14. The zero-order valence-electron chi connectivity index (χ0n) is 18.7. The summed E-state index contributed by atoms with van der Waals surface area (Å²) >= 11 is 0. The summed E-state index contributed by atoms with van der Waals surface area (Å²) in [5, 5.41) is 12.1. The third kappa shape index (κ3) is 8.05. The first-order chi connectivity index (χ1) is 15.8. The summed E-state index contributed by atoms with van der Waals surface area (Å²) in [6, 6.07) is 11.0. The maximum atomic E-state index is 12.9. The Balaban J connectivity index is 1.85. The highest BCUT2D eigenvalue weighted by molar-refractivity contribution is 5.78. The fourth-order valence-electron chi connectivity index (χ4n) is 3.87. The van der Waals surface area contributed by atoms with Gasteiger partial charge in [0, 0.05) is 31.8 Å². The topological polar surface area (TPSA) is 61.8 Å². The number of nitrogens with one attached hydrogen (secondary N) is 1. The second-order valence-corrected chi connectivity index (χ2v) is 8.37. The number of benzene rings is 2. The number of aryl methyl sites for hydroxylation is 1. The Morgan fingerprint density at radius 1 is 1.00 bits per heavy atom. The van der Waals surface area contributed by atoms with Crippen LogP contribution in [-0.2, 0) is 30.5 Å². The number of aliphatic hydroxyl groups is 1. The van der Waals surface area contributed by atoms with Crippen LogP contribution in [0, 0.1) is 0 Å². The lowest BCUT2D eigenvalue weighted by Gasteiger charge is -2.24. The molecule has 0 aromatic heterocycles. The molecule has 3 rings (SSSR count). The maximum absolute atomic E-state index is 12.9. The van der Waals surface area contributed by atoms with Crippen LogP contribution in [0.15, 0.2) is 42.5 Å². The summed E-state index contributed by atoms with van der Waals surface area (Å²) < 4.78 is 44.8. The normalized spacial score (nSPS) is 16.5. The van der Waals surface area contributed by atoms with Gasteiger partial charge >= 0.3 is 6.18 Å². The van der Waals surface area contributed by atoms with Gasteiger partial charge in [-0.1, -0.05) is 24.3 Å². The van der Waals surface area contributed by atoms with Gasteiger partial charge < -0.3 is 15.2 Å². The van der Waals surface area contributed by atoms with Crippen LogP contribution in [0.4, 0.5) is 13.2 Å². The number of amides is 1. The number of rotatable bonds is 5. The van der Waals surface area contributed by atoms with E-state index in [0.29, 0.717) is 38.2 Å². The highest BCUT2D eigenvalue weighted by atomic mass is 19.4. The van der Waals surface area contributed by atoms with E-state index in [1.54, 1.807) is 0 Å². The molecule has 1 heterocycles. The van der Waals surface area contributed by atoms with Crippen molar-refractivity contribution < 1.29 is 27.8 Å². The third-order valence-corrected chi connectivity index (χ3v) is 5.60. The van der Waals surface area contributed by atoms with Gasteiger partial charge in [0.1, 0.15) is 5.75 Å². The maximum Gasteiger partial charge on any atom is 0.416 e. The van der Waals surface area contributed by atoms with E-state index in [4.69, 9.17) is 9.84 Å². The smallest absolute Gasteiger partial charge is 0.416 e. The zero-order chi connectivity index (χ0) is 23.7. The quantitative estimate of drug-likeness (QED) is 0.692. The molecule has 1 aliphatic heterocycles. The fraction of sp³-hybridized carbons (Fsp3) is 0.480. The first-order valence-electron chi connectivity index (χ1n) is 11.4. The second kappa shape index (κ2) is 12.0. The number of nitrogens with zero attached hydrogens (tertiary/aromatic N) is 1. The standard InChI is InChI=1S/C25H31F3N2O3/c26-25(27,28)22-9-6-20(7-10-22)16-30-17-21-15-19(5-4-13-31)8-11-23(21)33-14-3-1-2-12-29-24(32)18-30/h6-11,15,31H,1-5,12-14,16-18H2,(H,29,32). The molecule has 2 aromatic carbocycles. The Labute approximate surface area is 192 Å². The summed E-state index contributed by atoms with van der Waals surface area (Å²) in [6.07, 6.45) is -0.316. The molecule has 0 fully saturated rings. The lowest BCUT2D eigenvalue weighted by molar-refractivity contribution is -0.137. The van der Waals surface area contributed by atoms with E-state index >= 15 is 0 Å². The molecule has 5 nitrogen and oxygen atoms in total. The van der Waals surface area contributed by atoms with Gasteiger partial charge in [0.15, 0.2) is 0 Å². The van der Waals surface area contributed by atoms with Crippen molar-refractivity contribution in [1.29, 1.82) is 0 Å². The number of halogens is 3. The lowest BCUT2D eigenvalue weighted by atomic mass is 10.0. The number of ether oxygens (including phenoxy) is 1. The van der Waals surface area contributed by atoms with Crippen LogP contribution >= 0.6 is 0 Å². The lowest BCUT2D eigenvalue weighted by Crippen LogP contribution is -2.37. The van der Waals surface area contributed by atoms with Crippen molar-refractivity contribution in [3.05, 3.63) is 64.7 Å². The monoisotopic (exact) mass is 464 g/mol. The molecule has 0 unspecified atom stereocenters. The molecule has 0 saturated carbocycles. The number of aliphatic hydroxyl groups excluding tert-OH is 1. The molecule has 0 radical (unpaired) electrons. The molecular weight excluding hydrogens is 433 g/mol. The van der Waals surface area contributed by atoms with Crippen LogP contribution in [-0.4, -0.2) is 42.2 Å². The molecule has 0 bridgehead atoms. The zero-order valence-corrected chi connectivity index (χ0v) is 18.7. The molecule has 0 saturated heterocycles. The van der Waals surface area contributed by atoms with Gasteiger partial charge in [-0.3, -0.25) is 9.69 Å². The molecule has 33 heavy (non-hydrogen) atoms. The van der Waals surface area contributed by atoms with Crippen molar-refractivity contribution >= 4 is 5.91 Å². The summed E-state index contributed by atoms with van der Waals surface area (Å²) in [5.74, 6) is 0.639. The molecule has 0 spiro atoms. The number of fused-ring (bicyclic) bond motifs is 1. The average Bonchev–Trinajstić information content (AvgIpc) is 2.78. The average molecular weight is 465 g/mol. The van der Waals surface area contributed by atoms with Crippen molar-refractivity contribution in [3.63, 3.8) is 0 Å². The van der Waals surface area contributed by atoms with Crippen molar-refractivity contribution in [1.82, 2.24) is 10.2 Å². The van der Waals surface area contributed by atoms with Crippen LogP contribution in [0.3, 0.4) is 0 Å². The molecule has 1 amide bonds. The first-order valence-corrected chi connectivity index (χ1v) is 11.4. The van der Waals surface area contributed by atoms with Crippen molar-refractivity contribution in [2.45, 2.75) is 51.4 Å². The van der Waals surface area contributed by atoms with Crippen LogP contribution in [0.2, 0.25) is 0 Å². The number of hydrogen-bond acceptors (Lipinski definition) is 4. The van der Waals surface area contributed by atoms with Crippen LogP contribution in [0.5, 0.6) is 5.75 Å². The highest BCUT2D eigenvalue weighted by Gasteiger charge is 2.30. The molecule has 2 N–H and O–H groups in total. The predicted octanol–water partition coefficient (Wildman–Crippen LogP) is 4.31. The van der Waals surface area contributed by atoms with Gasteiger partial charge in [-0.2, -0.15) is 13.2 Å². The van der Waals surface area contributed by atoms with E-state index in [1.165, 1.54) is 12.1 Å². The van der Waals surface area contributed by atoms with Gasteiger partial charge in [0.2, 0.25) is 5.91 Å². The summed E-state index contributed by atoms with van der Waals surface area (Å²) in [4.78, 5) is 14.4. The second-order valence-electron chi connectivity index (χ2n) is 8.37. The van der Waals surface area contributed by atoms with Crippen molar-refractivity contribution in [3.8, 4) is 5.75 Å². The summed E-state index contributed by atoms with van der Waals surface area (Å²) in [5.41, 5.74) is 1.99. The fourth-order valence-corrected chi connectivity index (χ4v) is 3.87. The van der Waals surface area contributed by atoms with Gasteiger partial charge in [-0.15, -0.1) is 0 Å². The Hall–Kier alpha value is -2.58. The van der Waals surface area contributed by atoms with Crippen LogP contribution < -0.4 is 10.1 Å². The third-order valence-electron chi connectivity index (χ3n) is 5.60. The van der Waals surface area contributed by atoms with E-state index in [2.05, 4.69) is 5.32 Å². The summed E-state index contributed by atoms with van der Waals surface area (Å²) in [7, 11) is 0. The van der Waals surface area contributed by atoms with Gasteiger partial charge in [-0.25, -0.2) is 0 Å². The number of alkyl halides is 3. The van der Waals surface area contributed by atoms with E-state index in [-0.39, 0.29) is 19.1 Å². The molecule has 1 aliphatic rings. The minimum Gasteiger partial charge on any atom is -0.493 e. The van der Waals surface area contributed by atoms with Gasteiger partial charge in [-0.05, 0) is 61.4 Å². The van der Waals surface area contributed by atoms with Crippen LogP contribution in [0.25, 0.3) is 0 Å². The Morgan fingerprint density at radius 2 is 1.76 bits per heavy atom.